The Morgan fingerprint density at radius 1 is 0.424 bits per heavy atom. The summed E-state index contributed by atoms with van der Waals surface area (Å²) in [5.74, 6) is 2.67. The van der Waals surface area contributed by atoms with E-state index in [1.54, 1.807) is 0 Å². The molecule has 0 unspecified atom stereocenters. The van der Waals surface area contributed by atoms with Crippen LogP contribution >= 0.6 is 15.9 Å². The smallest absolute Gasteiger partial charge is 0.162 e. The molecule has 0 N–H and O–H groups in total. The summed E-state index contributed by atoms with van der Waals surface area (Å²) in [4.78, 5) is 0. The summed E-state index contributed by atoms with van der Waals surface area (Å²) < 4.78 is 46.4. The van der Waals surface area contributed by atoms with Crippen LogP contribution in [0, 0.1) is 0 Å². The molecule has 0 amide bonds. The molecule has 0 bridgehead atoms. The van der Waals surface area contributed by atoms with E-state index >= 15 is 0 Å². The second-order valence-corrected chi connectivity index (χ2v) is 7.80. The van der Waals surface area contributed by atoms with Gasteiger partial charge < -0.3 is 37.9 Å². The van der Waals surface area contributed by atoms with Crippen LogP contribution in [-0.4, -0.2) is 79.3 Å². The Labute approximate surface area is 203 Å². The number of ether oxygens (including phenoxy) is 8. The van der Waals surface area contributed by atoms with E-state index in [0.717, 1.165) is 4.47 Å². The molecule has 33 heavy (non-hydrogen) atoms. The number of hydrogen-bond donors (Lipinski definition) is 0. The number of para-hydroxylation sites is 2. The van der Waals surface area contributed by atoms with Gasteiger partial charge in [-0.2, -0.15) is 0 Å². The zero-order valence-corrected chi connectivity index (χ0v) is 20.3. The van der Waals surface area contributed by atoms with E-state index < -0.39 is 0 Å². The third-order valence-corrected chi connectivity index (χ3v) is 4.93. The van der Waals surface area contributed by atoms with Gasteiger partial charge in [-0.05, 0) is 30.3 Å². The van der Waals surface area contributed by atoms with Crippen molar-refractivity contribution >= 4 is 15.9 Å². The predicted octanol–water partition coefficient (Wildman–Crippen LogP) is 3.74. The first-order valence-electron chi connectivity index (χ1n) is 11.0. The lowest BCUT2D eigenvalue weighted by Gasteiger charge is -2.14. The van der Waals surface area contributed by atoms with Crippen LogP contribution in [0.5, 0.6) is 23.0 Å². The first-order valence-corrected chi connectivity index (χ1v) is 11.8. The topological polar surface area (TPSA) is 73.8 Å². The van der Waals surface area contributed by atoms with E-state index in [4.69, 9.17) is 37.9 Å². The second-order valence-electron chi connectivity index (χ2n) is 6.88. The summed E-state index contributed by atoms with van der Waals surface area (Å²) in [5, 5.41) is 0. The van der Waals surface area contributed by atoms with E-state index in [0.29, 0.717) is 102 Å². The summed E-state index contributed by atoms with van der Waals surface area (Å²) in [5.41, 5.74) is 0. The highest BCUT2D eigenvalue weighted by Gasteiger charge is 2.07. The van der Waals surface area contributed by atoms with Gasteiger partial charge in [0, 0.05) is 4.47 Å². The van der Waals surface area contributed by atoms with Crippen molar-refractivity contribution in [2.24, 2.45) is 0 Å². The molecule has 2 aromatic rings. The molecule has 0 aromatic heterocycles. The lowest BCUT2D eigenvalue weighted by molar-refractivity contribution is 0.0223. The predicted molar refractivity (Wildman–Crippen MR) is 126 cm³/mol. The van der Waals surface area contributed by atoms with Crippen LogP contribution < -0.4 is 18.9 Å². The van der Waals surface area contributed by atoms with Gasteiger partial charge in [0.15, 0.2) is 23.0 Å². The quantitative estimate of drug-likeness (QED) is 0.513. The highest BCUT2D eigenvalue weighted by Crippen LogP contribution is 2.30. The minimum atomic E-state index is 0.403. The van der Waals surface area contributed by atoms with Gasteiger partial charge >= 0.3 is 0 Å². The van der Waals surface area contributed by atoms with Gasteiger partial charge in [0.05, 0.1) is 52.9 Å². The molecule has 8 nitrogen and oxygen atoms in total. The van der Waals surface area contributed by atoms with Gasteiger partial charge in [0.1, 0.15) is 26.4 Å². The Kier molecular flexibility index (Phi) is 12.2. The first-order chi connectivity index (χ1) is 16.3. The monoisotopic (exact) mass is 526 g/mol. The average Bonchev–Trinajstić information content (AvgIpc) is 2.82. The normalized spacial score (nSPS) is 18.1. The van der Waals surface area contributed by atoms with Crippen LogP contribution in [0.15, 0.2) is 46.9 Å². The zero-order valence-electron chi connectivity index (χ0n) is 18.7. The third kappa shape index (κ3) is 10.2. The Balaban J connectivity index is 1.46. The molecule has 1 aliphatic rings. The molecule has 1 aliphatic heterocycles. The average molecular weight is 527 g/mol. The summed E-state index contributed by atoms with van der Waals surface area (Å²) in [7, 11) is 0. The van der Waals surface area contributed by atoms with Crippen LogP contribution in [0.2, 0.25) is 0 Å². The number of hydrogen-bond acceptors (Lipinski definition) is 8. The molecule has 0 atom stereocenters. The molecule has 2 aromatic carbocycles. The molecule has 182 valence electrons. The molecule has 0 spiro atoms. The van der Waals surface area contributed by atoms with Crippen molar-refractivity contribution in [3.63, 3.8) is 0 Å². The fourth-order valence-corrected chi connectivity index (χ4v) is 3.23. The number of fused-ring (bicyclic) bond motifs is 2. The van der Waals surface area contributed by atoms with Crippen LogP contribution in [0.3, 0.4) is 0 Å². The van der Waals surface area contributed by atoms with Crippen molar-refractivity contribution in [3.8, 4) is 23.0 Å². The Bertz CT molecular complexity index is 804. The Morgan fingerprint density at radius 2 is 0.788 bits per heavy atom. The zero-order chi connectivity index (χ0) is 23.0. The van der Waals surface area contributed by atoms with Crippen molar-refractivity contribution < 1.29 is 37.9 Å². The molecular weight excluding hydrogens is 496 g/mol. The van der Waals surface area contributed by atoms with E-state index in [9.17, 15) is 0 Å². The van der Waals surface area contributed by atoms with Crippen molar-refractivity contribution in [1.82, 2.24) is 0 Å². The summed E-state index contributed by atoms with van der Waals surface area (Å²) in [6.45, 7) is 5.36. The summed E-state index contributed by atoms with van der Waals surface area (Å²) in [6.07, 6.45) is 0. The van der Waals surface area contributed by atoms with Gasteiger partial charge in [-0.15, -0.1) is 0 Å². The molecule has 0 radical (unpaired) electrons. The lowest BCUT2D eigenvalue weighted by Crippen LogP contribution is -2.15. The van der Waals surface area contributed by atoms with Crippen molar-refractivity contribution in [1.29, 1.82) is 0 Å². The van der Waals surface area contributed by atoms with Crippen molar-refractivity contribution in [3.05, 3.63) is 46.9 Å². The SMILES string of the molecule is Brc1ccc2c(c1)OCCOCCOCCOc1ccccc1OCCOCCOCCO2. The second kappa shape index (κ2) is 15.7. The third-order valence-electron chi connectivity index (χ3n) is 4.44. The Morgan fingerprint density at radius 3 is 1.24 bits per heavy atom. The minimum absolute atomic E-state index is 0.403. The largest absolute Gasteiger partial charge is 0.487 e. The maximum Gasteiger partial charge on any atom is 0.162 e. The molecule has 9 heteroatoms. The van der Waals surface area contributed by atoms with Crippen molar-refractivity contribution in [2.45, 2.75) is 0 Å². The lowest BCUT2D eigenvalue weighted by atomic mass is 10.3. The van der Waals surface area contributed by atoms with Gasteiger partial charge in [0.25, 0.3) is 0 Å². The maximum atomic E-state index is 5.83. The van der Waals surface area contributed by atoms with Crippen LogP contribution in [0.1, 0.15) is 0 Å². The van der Waals surface area contributed by atoms with E-state index in [1.165, 1.54) is 0 Å². The van der Waals surface area contributed by atoms with E-state index in [1.807, 2.05) is 42.5 Å². The van der Waals surface area contributed by atoms with E-state index in [2.05, 4.69) is 15.9 Å². The summed E-state index contributed by atoms with van der Waals surface area (Å²) in [6, 6.07) is 13.2. The first kappa shape index (κ1) is 25.6. The molecule has 1 heterocycles. The fraction of sp³-hybridized carbons (Fsp3) is 0.500. The Hall–Kier alpha value is -2.04. The number of rotatable bonds is 0. The van der Waals surface area contributed by atoms with Gasteiger partial charge in [0.2, 0.25) is 0 Å². The maximum absolute atomic E-state index is 5.83. The van der Waals surface area contributed by atoms with Gasteiger partial charge in [-0.1, -0.05) is 28.1 Å². The molecular formula is C24H31BrO8. The highest BCUT2D eigenvalue weighted by molar-refractivity contribution is 9.10. The molecule has 0 aliphatic carbocycles. The number of halogens is 1. The summed E-state index contributed by atoms with van der Waals surface area (Å²) >= 11 is 3.46. The van der Waals surface area contributed by atoms with Crippen LogP contribution in [-0.2, 0) is 18.9 Å². The minimum Gasteiger partial charge on any atom is -0.487 e. The highest BCUT2D eigenvalue weighted by atomic mass is 79.9. The molecule has 0 fully saturated rings. The van der Waals surface area contributed by atoms with Crippen LogP contribution in [0.4, 0.5) is 0 Å². The number of benzene rings is 2. The molecule has 0 saturated carbocycles. The van der Waals surface area contributed by atoms with Crippen molar-refractivity contribution in [2.75, 3.05) is 79.3 Å². The van der Waals surface area contributed by atoms with Gasteiger partial charge in [-0.25, -0.2) is 0 Å². The fourth-order valence-electron chi connectivity index (χ4n) is 2.89. The van der Waals surface area contributed by atoms with E-state index in [-0.39, 0.29) is 0 Å². The van der Waals surface area contributed by atoms with Crippen LogP contribution in [0.25, 0.3) is 0 Å². The molecule has 3 rings (SSSR count). The molecule has 0 saturated heterocycles. The van der Waals surface area contributed by atoms with Gasteiger partial charge in [-0.3, -0.25) is 0 Å². The standard InChI is InChI=1S/C24H31BrO8/c25-20-5-6-23-24(19-20)33-18-14-29-10-9-27-12-16-31-22-4-2-1-3-21(22)30-15-11-26-7-8-28-13-17-32-23/h1-6,19H,7-18H2.